The minimum atomic E-state index is -0.919. The Bertz CT molecular complexity index is 1280. The van der Waals surface area contributed by atoms with Crippen molar-refractivity contribution >= 4 is 40.8 Å². The average molecular weight is 530 g/mol. The summed E-state index contributed by atoms with van der Waals surface area (Å²) in [6.45, 7) is 4.93. The number of carboxylic acids is 1. The molecule has 7 nitrogen and oxygen atoms in total. The third kappa shape index (κ3) is 5.37. The monoisotopic (exact) mass is 529 g/mol. The summed E-state index contributed by atoms with van der Waals surface area (Å²) in [5.41, 5.74) is 1.63. The molecule has 3 aromatic carbocycles. The van der Waals surface area contributed by atoms with E-state index in [-0.39, 0.29) is 10.9 Å². The van der Waals surface area contributed by atoms with Gasteiger partial charge in [-0.15, -0.1) is 0 Å². The molecule has 1 amide bonds. The number of ether oxygens (including phenoxy) is 3. The van der Waals surface area contributed by atoms with E-state index in [1.165, 1.54) is 0 Å². The lowest BCUT2D eigenvalue weighted by molar-refractivity contribution is -0.139. The Morgan fingerprint density at radius 2 is 1.81 bits per heavy atom. The maximum absolute atomic E-state index is 13.3. The van der Waals surface area contributed by atoms with E-state index in [9.17, 15) is 14.7 Å². The Morgan fingerprint density at radius 3 is 2.47 bits per heavy atom. The van der Waals surface area contributed by atoms with Crippen LogP contribution in [-0.2, 0) is 4.79 Å². The Hall–Kier alpha value is -3.42. The van der Waals surface area contributed by atoms with E-state index in [1.54, 1.807) is 59.5 Å². The van der Waals surface area contributed by atoms with Crippen molar-refractivity contribution in [3.63, 3.8) is 0 Å². The van der Waals surface area contributed by atoms with Crippen LogP contribution < -0.4 is 19.1 Å². The number of carbonyl (C=O) groups excluding carboxylic acids is 1. The fourth-order valence-electron chi connectivity index (χ4n) is 4.08. The summed E-state index contributed by atoms with van der Waals surface area (Å²) >= 11 is 12.5. The number of amides is 1. The second kappa shape index (κ2) is 11.1. The van der Waals surface area contributed by atoms with Crippen LogP contribution in [0.3, 0.4) is 0 Å². The second-order valence-electron chi connectivity index (χ2n) is 8.07. The summed E-state index contributed by atoms with van der Waals surface area (Å²) in [5, 5.41) is 10.3. The number of hydrogen-bond donors (Lipinski definition) is 1. The summed E-state index contributed by atoms with van der Waals surface area (Å²) in [4.78, 5) is 26.5. The lowest BCUT2D eigenvalue weighted by Gasteiger charge is -2.24. The van der Waals surface area contributed by atoms with Crippen molar-refractivity contribution in [1.29, 1.82) is 0 Å². The maximum Gasteiger partial charge on any atom is 0.311 e. The highest BCUT2D eigenvalue weighted by molar-refractivity contribution is 6.32. The third-order valence-electron chi connectivity index (χ3n) is 5.80. The molecular formula is C27H25Cl2NO6. The van der Waals surface area contributed by atoms with Gasteiger partial charge in [-0.2, -0.15) is 0 Å². The Morgan fingerprint density at radius 1 is 1.06 bits per heavy atom. The molecule has 1 N–H and O–H groups in total. The van der Waals surface area contributed by atoms with Crippen LogP contribution in [0.15, 0.2) is 54.6 Å². The normalized spacial score (nSPS) is 14.4. The van der Waals surface area contributed by atoms with Crippen molar-refractivity contribution in [2.24, 2.45) is 0 Å². The largest absolute Gasteiger partial charge is 0.493 e. The standard InChI is InChI=1S/C27H25Cl2NO6/c1-3-30(22-10-7-17(28)13-25(22)34-4-2)26(31)16-5-8-18(9-6-16)36-24-15-23-20(14-21(24)29)19(27(32)33)11-12-35-23/h5-10,13-15,19H,3-4,11-12H2,1-2H3,(H,32,33). The number of anilines is 1. The van der Waals surface area contributed by atoms with Crippen molar-refractivity contribution < 1.29 is 28.9 Å². The molecule has 0 saturated heterocycles. The fourth-order valence-corrected chi connectivity index (χ4v) is 4.45. The topological polar surface area (TPSA) is 85.3 Å². The van der Waals surface area contributed by atoms with Gasteiger partial charge in [0.05, 0.1) is 29.8 Å². The van der Waals surface area contributed by atoms with Crippen molar-refractivity contribution in [3.05, 3.63) is 75.8 Å². The molecule has 9 heteroatoms. The highest BCUT2D eigenvalue weighted by Gasteiger charge is 2.29. The van der Waals surface area contributed by atoms with Gasteiger partial charge in [-0.25, -0.2) is 0 Å². The molecule has 0 bridgehead atoms. The molecule has 0 fully saturated rings. The number of rotatable bonds is 8. The van der Waals surface area contributed by atoms with E-state index >= 15 is 0 Å². The zero-order valence-electron chi connectivity index (χ0n) is 19.8. The van der Waals surface area contributed by atoms with Gasteiger partial charge >= 0.3 is 5.97 Å². The molecule has 1 aliphatic heterocycles. The summed E-state index contributed by atoms with van der Waals surface area (Å²) in [5.74, 6) is -0.0243. The first kappa shape index (κ1) is 25.7. The summed E-state index contributed by atoms with van der Waals surface area (Å²) in [6, 6.07) is 15.0. The highest BCUT2D eigenvalue weighted by atomic mass is 35.5. The van der Waals surface area contributed by atoms with Crippen LogP contribution in [0, 0.1) is 0 Å². The second-order valence-corrected chi connectivity index (χ2v) is 8.91. The zero-order chi connectivity index (χ0) is 25.8. The Labute approximate surface area is 219 Å². The van der Waals surface area contributed by atoms with Gasteiger partial charge in [0.25, 0.3) is 5.91 Å². The Balaban J connectivity index is 1.54. The molecule has 0 saturated carbocycles. The smallest absolute Gasteiger partial charge is 0.311 e. The number of carboxylic acid groups (broad SMARTS) is 1. The molecule has 1 atom stereocenters. The number of fused-ring (bicyclic) bond motifs is 1. The van der Waals surface area contributed by atoms with Crippen LogP contribution in [0.2, 0.25) is 10.0 Å². The van der Waals surface area contributed by atoms with Crippen LogP contribution in [0.25, 0.3) is 0 Å². The average Bonchev–Trinajstić information content (AvgIpc) is 2.86. The first-order valence-corrected chi connectivity index (χ1v) is 12.3. The van der Waals surface area contributed by atoms with E-state index < -0.39 is 11.9 Å². The SMILES string of the molecule is CCOc1cc(Cl)ccc1N(CC)C(=O)c1ccc(Oc2cc3c(cc2Cl)C(C(=O)O)CCO3)cc1. The molecular weight excluding hydrogens is 505 g/mol. The number of halogens is 2. The van der Waals surface area contributed by atoms with Gasteiger partial charge in [0.15, 0.2) is 0 Å². The maximum atomic E-state index is 13.3. The van der Waals surface area contributed by atoms with Crippen molar-refractivity contribution in [1.82, 2.24) is 0 Å². The minimum Gasteiger partial charge on any atom is -0.493 e. The summed E-state index contributed by atoms with van der Waals surface area (Å²) in [7, 11) is 0. The Kier molecular flexibility index (Phi) is 7.91. The molecule has 0 radical (unpaired) electrons. The molecule has 188 valence electrons. The van der Waals surface area contributed by atoms with Gasteiger partial charge in [-0.3, -0.25) is 9.59 Å². The molecule has 0 aliphatic carbocycles. The minimum absolute atomic E-state index is 0.202. The molecule has 1 heterocycles. The van der Waals surface area contributed by atoms with E-state index in [0.717, 1.165) is 0 Å². The third-order valence-corrected chi connectivity index (χ3v) is 6.34. The number of hydrogen-bond acceptors (Lipinski definition) is 5. The van der Waals surface area contributed by atoms with Gasteiger partial charge in [0.2, 0.25) is 0 Å². The van der Waals surface area contributed by atoms with Crippen LogP contribution in [0.4, 0.5) is 5.69 Å². The van der Waals surface area contributed by atoms with Gasteiger partial charge in [0.1, 0.15) is 23.0 Å². The van der Waals surface area contributed by atoms with Crippen molar-refractivity contribution in [2.75, 3.05) is 24.7 Å². The predicted octanol–water partition coefficient (Wildman–Crippen LogP) is 6.80. The van der Waals surface area contributed by atoms with E-state index in [2.05, 4.69) is 0 Å². The molecule has 0 spiro atoms. The van der Waals surface area contributed by atoms with Crippen molar-refractivity contribution in [2.45, 2.75) is 26.2 Å². The zero-order valence-corrected chi connectivity index (χ0v) is 21.3. The predicted molar refractivity (Wildman–Crippen MR) is 138 cm³/mol. The van der Waals surface area contributed by atoms with Crippen LogP contribution in [-0.4, -0.2) is 36.7 Å². The van der Waals surface area contributed by atoms with E-state index in [4.69, 9.17) is 37.4 Å². The molecule has 36 heavy (non-hydrogen) atoms. The van der Waals surface area contributed by atoms with E-state index in [0.29, 0.717) is 71.0 Å². The number of carbonyl (C=O) groups is 2. The number of aliphatic carboxylic acids is 1. The molecule has 1 aliphatic rings. The van der Waals surface area contributed by atoms with E-state index in [1.807, 2.05) is 13.8 Å². The fraction of sp³-hybridized carbons (Fsp3) is 0.259. The molecule has 0 aromatic heterocycles. The van der Waals surface area contributed by atoms with Crippen molar-refractivity contribution in [3.8, 4) is 23.0 Å². The summed E-state index contributed by atoms with van der Waals surface area (Å²) < 4.78 is 17.2. The van der Waals surface area contributed by atoms with Gasteiger partial charge in [0, 0.05) is 34.8 Å². The number of nitrogens with zero attached hydrogens (tertiary/aromatic N) is 1. The molecule has 4 rings (SSSR count). The number of benzene rings is 3. The van der Waals surface area contributed by atoms with Crippen LogP contribution >= 0.6 is 23.2 Å². The van der Waals surface area contributed by atoms with Crippen LogP contribution in [0.5, 0.6) is 23.0 Å². The lowest BCUT2D eigenvalue weighted by Crippen LogP contribution is -2.31. The van der Waals surface area contributed by atoms with Crippen LogP contribution in [0.1, 0.15) is 42.1 Å². The van der Waals surface area contributed by atoms with Gasteiger partial charge < -0.3 is 24.2 Å². The molecule has 1 unspecified atom stereocenters. The highest BCUT2D eigenvalue weighted by Crippen LogP contribution is 2.42. The first-order chi connectivity index (χ1) is 17.3. The van der Waals surface area contributed by atoms with Gasteiger partial charge in [-0.05, 0) is 62.7 Å². The van der Waals surface area contributed by atoms with Gasteiger partial charge in [-0.1, -0.05) is 23.2 Å². The quantitative estimate of drug-likeness (QED) is 0.345. The summed E-state index contributed by atoms with van der Waals surface area (Å²) in [6.07, 6.45) is 0.380. The molecule has 3 aromatic rings. The first-order valence-electron chi connectivity index (χ1n) is 11.5. The lowest BCUT2D eigenvalue weighted by atomic mass is 9.93.